The number of amides is 1. The zero-order valence-electron chi connectivity index (χ0n) is 16.6. The van der Waals surface area contributed by atoms with Gasteiger partial charge in [-0.1, -0.05) is 12.1 Å². The van der Waals surface area contributed by atoms with E-state index in [1.54, 1.807) is 31.6 Å². The summed E-state index contributed by atoms with van der Waals surface area (Å²) in [4.78, 5) is 21.0. The van der Waals surface area contributed by atoms with Crippen LogP contribution in [0.3, 0.4) is 0 Å². The first-order valence-corrected chi connectivity index (χ1v) is 9.64. The van der Waals surface area contributed by atoms with Gasteiger partial charge in [-0.05, 0) is 48.5 Å². The SMILES string of the molecule is COc1ccc(OCCn2c(CNC(=O)c3ccncc3)nc3ccccc32)cc1. The maximum atomic E-state index is 12.4. The van der Waals surface area contributed by atoms with Crippen molar-refractivity contribution in [2.75, 3.05) is 13.7 Å². The Balaban J connectivity index is 1.46. The summed E-state index contributed by atoms with van der Waals surface area (Å²) in [5, 5.41) is 2.93. The summed E-state index contributed by atoms with van der Waals surface area (Å²) in [6.07, 6.45) is 3.20. The van der Waals surface area contributed by atoms with Gasteiger partial charge >= 0.3 is 0 Å². The summed E-state index contributed by atoms with van der Waals surface area (Å²) in [5.74, 6) is 2.17. The molecule has 2 aromatic carbocycles. The minimum atomic E-state index is -0.162. The molecule has 1 N–H and O–H groups in total. The van der Waals surface area contributed by atoms with Crippen LogP contribution >= 0.6 is 0 Å². The molecular formula is C23H22N4O3. The van der Waals surface area contributed by atoms with Gasteiger partial charge in [-0.15, -0.1) is 0 Å². The van der Waals surface area contributed by atoms with Gasteiger partial charge < -0.3 is 19.4 Å². The van der Waals surface area contributed by atoms with E-state index in [1.165, 1.54) is 0 Å². The van der Waals surface area contributed by atoms with E-state index in [4.69, 9.17) is 14.5 Å². The molecule has 0 atom stereocenters. The Morgan fingerprint density at radius 1 is 1.00 bits per heavy atom. The number of nitrogens with zero attached hydrogens (tertiary/aromatic N) is 3. The highest BCUT2D eigenvalue weighted by Gasteiger charge is 2.12. The quantitative estimate of drug-likeness (QED) is 0.488. The highest BCUT2D eigenvalue weighted by atomic mass is 16.5. The van der Waals surface area contributed by atoms with Crippen LogP contribution in [0.5, 0.6) is 11.5 Å². The van der Waals surface area contributed by atoms with E-state index in [0.717, 1.165) is 28.4 Å². The molecule has 4 aromatic rings. The molecule has 7 nitrogen and oxygen atoms in total. The Kier molecular flexibility index (Phi) is 5.89. The van der Waals surface area contributed by atoms with Gasteiger partial charge in [-0.25, -0.2) is 4.98 Å². The molecule has 0 unspecified atom stereocenters. The topological polar surface area (TPSA) is 78.3 Å². The lowest BCUT2D eigenvalue weighted by molar-refractivity contribution is 0.0949. The Morgan fingerprint density at radius 3 is 2.50 bits per heavy atom. The van der Waals surface area contributed by atoms with Gasteiger partial charge in [-0.2, -0.15) is 0 Å². The minimum absolute atomic E-state index is 0.162. The smallest absolute Gasteiger partial charge is 0.251 e. The van der Waals surface area contributed by atoms with E-state index in [-0.39, 0.29) is 5.91 Å². The molecule has 0 aliphatic carbocycles. The number of hydrogen-bond donors (Lipinski definition) is 1. The minimum Gasteiger partial charge on any atom is -0.497 e. The summed E-state index contributed by atoms with van der Waals surface area (Å²) < 4.78 is 13.1. The molecule has 0 saturated carbocycles. The van der Waals surface area contributed by atoms with Gasteiger partial charge in [0.2, 0.25) is 0 Å². The van der Waals surface area contributed by atoms with Gasteiger partial charge in [0.1, 0.15) is 23.9 Å². The van der Waals surface area contributed by atoms with Crippen molar-refractivity contribution < 1.29 is 14.3 Å². The van der Waals surface area contributed by atoms with Crippen molar-refractivity contribution in [1.29, 1.82) is 0 Å². The summed E-state index contributed by atoms with van der Waals surface area (Å²) in [7, 11) is 1.63. The maximum Gasteiger partial charge on any atom is 0.251 e. The number of benzene rings is 2. The third-order valence-corrected chi connectivity index (χ3v) is 4.73. The van der Waals surface area contributed by atoms with Crippen molar-refractivity contribution in [3.8, 4) is 11.5 Å². The largest absolute Gasteiger partial charge is 0.497 e. The lowest BCUT2D eigenvalue weighted by Crippen LogP contribution is -2.25. The van der Waals surface area contributed by atoms with Gasteiger partial charge in [0.25, 0.3) is 5.91 Å². The second-order valence-corrected chi connectivity index (χ2v) is 6.61. The van der Waals surface area contributed by atoms with Crippen LogP contribution in [0.1, 0.15) is 16.2 Å². The Morgan fingerprint density at radius 2 is 1.73 bits per heavy atom. The summed E-state index contributed by atoms with van der Waals surface area (Å²) in [6.45, 7) is 1.39. The zero-order chi connectivity index (χ0) is 20.8. The number of methoxy groups -OCH3 is 1. The number of imidazole rings is 1. The molecule has 2 heterocycles. The first kappa shape index (κ1) is 19.4. The number of ether oxygens (including phenoxy) is 2. The molecule has 0 bridgehead atoms. The van der Waals surface area contributed by atoms with Crippen molar-refractivity contribution in [1.82, 2.24) is 19.9 Å². The van der Waals surface area contributed by atoms with Crippen LogP contribution < -0.4 is 14.8 Å². The number of rotatable bonds is 8. The number of pyridine rings is 1. The number of carbonyl (C=O) groups excluding carboxylic acids is 1. The molecule has 1 amide bonds. The van der Waals surface area contributed by atoms with Gasteiger partial charge in [0.15, 0.2) is 0 Å². The molecule has 2 aromatic heterocycles. The summed E-state index contributed by atoms with van der Waals surface area (Å²) >= 11 is 0. The highest BCUT2D eigenvalue weighted by molar-refractivity contribution is 5.93. The second-order valence-electron chi connectivity index (χ2n) is 6.61. The summed E-state index contributed by atoms with van der Waals surface area (Å²) in [5.41, 5.74) is 2.45. The number of hydrogen-bond acceptors (Lipinski definition) is 5. The molecule has 0 fully saturated rings. The highest BCUT2D eigenvalue weighted by Crippen LogP contribution is 2.19. The van der Waals surface area contributed by atoms with Crippen LogP contribution in [0.25, 0.3) is 11.0 Å². The first-order valence-electron chi connectivity index (χ1n) is 9.64. The van der Waals surface area contributed by atoms with E-state index < -0.39 is 0 Å². The van der Waals surface area contributed by atoms with E-state index in [2.05, 4.69) is 14.9 Å². The maximum absolute atomic E-state index is 12.4. The molecule has 0 saturated heterocycles. The Hall–Kier alpha value is -3.87. The standard InChI is InChI=1S/C23H22N4O3/c1-29-18-6-8-19(9-7-18)30-15-14-27-21-5-3-2-4-20(21)26-22(27)16-25-23(28)17-10-12-24-13-11-17/h2-13H,14-16H2,1H3,(H,25,28). The van der Waals surface area contributed by atoms with Gasteiger partial charge in [0.05, 0.1) is 31.2 Å². The average Bonchev–Trinajstić information content (AvgIpc) is 3.16. The van der Waals surface area contributed by atoms with Crippen LogP contribution in [0.15, 0.2) is 73.1 Å². The lowest BCUT2D eigenvalue weighted by Gasteiger charge is -2.12. The molecule has 0 aliphatic rings. The third kappa shape index (κ3) is 4.41. The van der Waals surface area contributed by atoms with Crippen molar-refractivity contribution in [2.24, 2.45) is 0 Å². The van der Waals surface area contributed by atoms with E-state index in [9.17, 15) is 4.79 Å². The molecule has 30 heavy (non-hydrogen) atoms. The zero-order valence-corrected chi connectivity index (χ0v) is 16.6. The Bertz CT molecular complexity index is 1120. The van der Waals surface area contributed by atoms with Crippen LogP contribution in [0.4, 0.5) is 0 Å². The van der Waals surface area contributed by atoms with E-state index >= 15 is 0 Å². The molecule has 4 rings (SSSR count). The van der Waals surface area contributed by atoms with Crippen LogP contribution in [-0.2, 0) is 13.1 Å². The lowest BCUT2D eigenvalue weighted by atomic mass is 10.2. The van der Waals surface area contributed by atoms with Gasteiger partial charge in [-0.3, -0.25) is 9.78 Å². The fourth-order valence-electron chi connectivity index (χ4n) is 3.20. The normalized spacial score (nSPS) is 10.7. The monoisotopic (exact) mass is 402 g/mol. The van der Waals surface area contributed by atoms with Crippen molar-refractivity contribution in [2.45, 2.75) is 13.1 Å². The fourth-order valence-corrected chi connectivity index (χ4v) is 3.20. The molecule has 152 valence electrons. The van der Waals surface area contributed by atoms with Crippen molar-refractivity contribution in [3.05, 3.63) is 84.4 Å². The van der Waals surface area contributed by atoms with Gasteiger partial charge in [0, 0.05) is 18.0 Å². The molecule has 0 spiro atoms. The number of para-hydroxylation sites is 2. The number of carbonyl (C=O) groups is 1. The molecule has 0 aliphatic heterocycles. The summed E-state index contributed by atoms with van der Waals surface area (Å²) in [6, 6.07) is 18.7. The molecule has 7 heteroatoms. The third-order valence-electron chi connectivity index (χ3n) is 4.73. The molecule has 0 radical (unpaired) electrons. The molecular weight excluding hydrogens is 380 g/mol. The van der Waals surface area contributed by atoms with Crippen molar-refractivity contribution >= 4 is 16.9 Å². The van der Waals surface area contributed by atoms with E-state index in [0.29, 0.717) is 25.3 Å². The van der Waals surface area contributed by atoms with Crippen LogP contribution in [0.2, 0.25) is 0 Å². The van der Waals surface area contributed by atoms with Crippen LogP contribution in [-0.4, -0.2) is 34.2 Å². The first-order chi connectivity index (χ1) is 14.7. The number of fused-ring (bicyclic) bond motifs is 1. The van der Waals surface area contributed by atoms with Crippen molar-refractivity contribution in [3.63, 3.8) is 0 Å². The average molecular weight is 402 g/mol. The van der Waals surface area contributed by atoms with Crippen LogP contribution in [0, 0.1) is 0 Å². The Labute approximate surface area is 174 Å². The fraction of sp³-hybridized carbons (Fsp3) is 0.174. The van der Waals surface area contributed by atoms with E-state index in [1.807, 2.05) is 48.5 Å². The second kappa shape index (κ2) is 9.09. The predicted octanol–water partition coefficient (Wildman–Crippen LogP) is 3.45. The predicted molar refractivity (Wildman–Crippen MR) is 114 cm³/mol. The number of aromatic nitrogens is 3. The number of nitrogens with one attached hydrogen (secondary N) is 1.